The van der Waals surface area contributed by atoms with Crippen LogP contribution in [0.4, 0.5) is 0 Å². The molecule has 0 saturated carbocycles. The van der Waals surface area contributed by atoms with E-state index in [0.29, 0.717) is 11.3 Å². The van der Waals surface area contributed by atoms with Gasteiger partial charge >= 0.3 is 0 Å². The number of rotatable bonds is 2. The normalized spacial score (nSPS) is 17.1. The Balaban J connectivity index is 1.69. The molecule has 6 heteroatoms. The molecular weight excluding hydrogens is 344 g/mol. The van der Waals surface area contributed by atoms with E-state index in [9.17, 15) is 9.90 Å². The van der Waals surface area contributed by atoms with Gasteiger partial charge in [0.15, 0.2) is 5.76 Å². The number of nitrogens with one attached hydrogen (secondary N) is 1. The Labute approximate surface area is 155 Å². The largest absolute Gasteiger partial charge is 0.508 e. The molecule has 0 saturated heterocycles. The van der Waals surface area contributed by atoms with Crippen LogP contribution in [0.5, 0.6) is 17.2 Å². The number of methoxy groups -OCH3 is 1. The minimum absolute atomic E-state index is 0.0726. The van der Waals surface area contributed by atoms with Crippen molar-refractivity contribution in [3.8, 4) is 17.2 Å². The summed E-state index contributed by atoms with van der Waals surface area (Å²) in [6.07, 6.45) is 1.81. The Morgan fingerprint density at radius 3 is 3.00 bits per heavy atom. The quantitative estimate of drug-likeness (QED) is 0.686. The second kappa shape index (κ2) is 5.89. The number of benzene rings is 2. The van der Waals surface area contributed by atoms with Crippen molar-refractivity contribution in [3.63, 3.8) is 0 Å². The molecule has 0 spiro atoms. The molecule has 1 aromatic heterocycles. The van der Waals surface area contributed by atoms with Gasteiger partial charge in [-0.05, 0) is 36.4 Å². The molecule has 0 radical (unpaired) electrons. The van der Waals surface area contributed by atoms with E-state index < -0.39 is 0 Å². The minimum atomic E-state index is -0.176. The van der Waals surface area contributed by atoms with Crippen LogP contribution < -0.4 is 14.8 Å². The number of Topliss-reactive ketones (excluding diaryl/α,β-unsaturated/α-hetero) is 1. The number of ketones is 1. The number of hydrogen-bond donors (Lipinski definition) is 2. The average molecular weight is 362 g/mol. The standard InChI is InChI=1S/C21H18N2O4/c1-26-13-3-5-17-15(9-13)16(18-11-22-6-7-23(17)18)10-20-21(25)14-4-2-12(24)8-19(14)27-20/h2-5,8-10,22,24H,6-7,11H2,1H3/b20-10+. The molecule has 0 amide bonds. The van der Waals surface area contributed by atoms with Gasteiger partial charge in [-0.15, -0.1) is 0 Å². The third-order valence-electron chi connectivity index (χ3n) is 5.15. The highest BCUT2D eigenvalue weighted by Crippen LogP contribution is 2.37. The summed E-state index contributed by atoms with van der Waals surface area (Å²) in [6.45, 7) is 2.49. The molecule has 2 aliphatic rings. The van der Waals surface area contributed by atoms with Crippen LogP contribution in [0.3, 0.4) is 0 Å². The smallest absolute Gasteiger partial charge is 0.231 e. The van der Waals surface area contributed by atoms with Gasteiger partial charge in [-0.1, -0.05) is 0 Å². The lowest BCUT2D eigenvalue weighted by atomic mass is 10.1. The summed E-state index contributed by atoms with van der Waals surface area (Å²) in [5, 5.41) is 14.1. The molecule has 3 heterocycles. The maximum absolute atomic E-state index is 12.7. The zero-order valence-corrected chi connectivity index (χ0v) is 14.8. The van der Waals surface area contributed by atoms with E-state index in [2.05, 4.69) is 16.0 Å². The number of phenols is 1. The van der Waals surface area contributed by atoms with Crippen molar-refractivity contribution >= 4 is 22.8 Å². The van der Waals surface area contributed by atoms with E-state index in [1.807, 2.05) is 12.1 Å². The van der Waals surface area contributed by atoms with E-state index in [-0.39, 0.29) is 17.3 Å². The van der Waals surface area contributed by atoms with Crippen molar-refractivity contribution < 1.29 is 19.4 Å². The van der Waals surface area contributed by atoms with Gasteiger partial charge in [0.05, 0.1) is 12.7 Å². The highest BCUT2D eigenvalue weighted by atomic mass is 16.5. The number of hydrogen-bond acceptors (Lipinski definition) is 5. The first-order chi connectivity index (χ1) is 13.2. The fourth-order valence-electron chi connectivity index (χ4n) is 3.85. The summed E-state index contributed by atoms with van der Waals surface area (Å²) in [6, 6.07) is 10.5. The molecule has 0 fully saturated rings. The summed E-state index contributed by atoms with van der Waals surface area (Å²) >= 11 is 0. The van der Waals surface area contributed by atoms with Crippen molar-refractivity contribution in [1.29, 1.82) is 0 Å². The SMILES string of the molecule is COc1ccc2c(c1)c(/C=C1/Oc3cc(O)ccc3C1=O)c1n2CCNC1. The number of ether oxygens (including phenoxy) is 2. The van der Waals surface area contributed by atoms with Crippen LogP contribution in [0.2, 0.25) is 0 Å². The van der Waals surface area contributed by atoms with Gasteiger partial charge in [0.2, 0.25) is 5.78 Å². The first-order valence-electron chi connectivity index (χ1n) is 8.83. The van der Waals surface area contributed by atoms with E-state index in [4.69, 9.17) is 9.47 Å². The number of carbonyl (C=O) groups is 1. The van der Waals surface area contributed by atoms with Gasteiger partial charge in [0.25, 0.3) is 0 Å². The Kier molecular flexibility index (Phi) is 3.48. The number of nitrogens with zero attached hydrogens (tertiary/aromatic N) is 1. The number of phenolic OH excluding ortho intramolecular Hbond substituents is 1. The molecule has 5 rings (SSSR count). The lowest BCUT2D eigenvalue weighted by molar-refractivity contribution is 0.101. The fourth-order valence-corrected chi connectivity index (χ4v) is 3.85. The van der Waals surface area contributed by atoms with Crippen molar-refractivity contribution in [2.75, 3.05) is 13.7 Å². The molecule has 0 atom stereocenters. The minimum Gasteiger partial charge on any atom is -0.508 e. The molecule has 0 aliphatic carbocycles. The first-order valence-corrected chi connectivity index (χ1v) is 8.83. The van der Waals surface area contributed by atoms with Gasteiger partial charge in [-0.25, -0.2) is 0 Å². The molecule has 136 valence electrons. The predicted molar refractivity (Wildman–Crippen MR) is 101 cm³/mol. The van der Waals surface area contributed by atoms with Gasteiger partial charge in [-0.3, -0.25) is 4.79 Å². The zero-order chi connectivity index (χ0) is 18.5. The maximum atomic E-state index is 12.7. The Morgan fingerprint density at radius 1 is 1.26 bits per heavy atom. The van der Waals surface area contributed by atoms with Crippen molar-refractivity contribution in [2.45, 2.75) is 13.1 Å². The van der Waals surface area contributed by atoms with Gasteiger partial charge < -0.3 is 24.5 Å². The maximum Gasteiger partial charge on any atom is 0.231 e. The molecule has 3 aromatic rings. The lowest BCUT2D eigenvalue weighted by Gasteiger charge is -2.18. The second-order valence-corrected chi connectivity index (χ2v) is 6.69. The summed E-state index contributed by atoms with van der Waals surface area (Å²) < 4.78 is 13.4. The number of aromatic hydroxyl groups is 1. The molecule has 2 aliphatic heterocycles. The van der Waals surface area contributed by atoms with E-state index >= 15 is 0 Å². The number of fused-ring (bicyclic) bond motifs is 4. The fraction of sp³-hybridized carbons (Fsp3) is 0.190. The summed E-state index contributed by atoms with van der Waals surface area (Å²) in [5.41, 5.74) is 3.65. The third kappa shape index (κ3) is 2.41. The van der Waals surface area contributed by atoms with Gasteiger partial charge in [-0.2, -0.15) is 0 Å². The van der Waals surface area contributed by atoms with Gasteiger partial charge in [0.1, 0.15) is 17.2 Å². The van der Waals surface area contributed by atoms with Crippen molar-refractivity contribution in [1.82, 2.24) is 9.88 Å². The lowest BCUT2D eigenvalue weighted by Crippen LogP contribution is -2.28. The van der Waals surface area contributed by atoms with Crippen molar-refractivity contribution in [3.05, 3.63) is 59.0 Å². The van der Waals surface area contributed by atoms with Crippen molar-refractivity contribution in [2.24, 2.45) is 0 Å². The highest BCUT2D eigenvalue weighted by molar-refractivity contribution is 6.15. The third-order valence-corrected chi connectivity index (χ3v) is 5.15. The molecular formula is C21H18N2O4. The van der Waals surface area contributed by atoms with Crippen LogP contribution in [0, 0.1) is 0 Å². The number of allylic oxidation sites excluding steroid dienone is 1. The Bertz CT molecular complexity index is 1130. The topological polar surface area (TPSA) is 72.7 Å². The van der Waals surface area contributed by atoms with E-state index in [0.717, 1.165) is 47.5 Å². The van der Waals surface area contributed by atoms with E-state index in [1.165, 1.54) is 12.1 Å². The van der Waals surface area contributed by atoms with Crippen LogP contribution in [-0.4, -0.2) is 29.1 Å². The molecule has 27 heavy (non-hydrogen) atoms. The Hall–Kier alpha value is -3.25. The van der Waals surface area contributed by atoms with Crippen LogP contribution in [-0.2, 0) is 13.1 Å². The highest BCUT2D eigenvalue weighted by Gasteiger charge is 2.29. The average Bonchev–Trinajstić information content (AvgIpc) is 3.16. The monoisotopic (exact) mass is 362 g/mol. The van der Waals surface area contributed by atoms with Gasteiger partial charge in [0, 0.05) is 47.9 Å². The van der Waals surface area contributed by atoms with Crippen LogP contribution in [0.15, 0.2) is 42.2 Å². The first kappa shape index (κ1) is 16.0. The molecule has 2 aromatic carbocycles. The molecule has 0 unspecified atom stereocenters. The summed E-state index contributed by atoms with van der Waals surface area (Å²) in [4.78, 5) is 12.7. The molecule has 6 nitrogen and oxygen atoms in total. The van der Waals surface area contributed by atoms with Crippen LogP contribution in [0.1, 0.15) is 21.6 Å². The van der Waals surface area contributed by atoms with E-state index in [1.54, 1.807) is 19.3 Å². The number of aromatic nitrogens is 1. The second-order valence-electron chi connectivity index (χ2n) is 6.69. The Morgan fingerprint density at radius 2 is 2.15 bits per heavy atom. The molecule has 2 N–H and O–H groups in total. The summed E-state index contributed by atoms with van der Waals surface area (Å²) in [5.74, 6) is 1.32. The van der Waals surface area contributed by atoms with Crippen LogP contribution >= 0.6 is 0 Å². The van der Waals surface area contributed by atoms with Crippen LogP contribution in [0.25, 0.3) is 17.0 Å². The molecule has 0 bridgehead atoms. The predicted octanol–water partition coefficient (Wildman–Crippen LogP) is 3.07. The zero-order valence-electron chi connectivity index (χ0n) is 14.8. The summed E-state index contributed by atoms with van der Waals surface area (Å²) in [7, 11) is 1.64. The number of carbonyl (C=O) groups excluding carboxylic acids is 1.